The van der Waals surface area contributed by atoms with Crippen LogP contribution in [0.3, 0.4) is 0 Å². The summed E-state index contributed by atoms with van der Waals surface area (Å²) >= 11 is 0. The van der Waals surface area contributed by atoms with Gasteiger partial charge in [-0.3, -0.25) is 0 Å². The van der Waals surface area contributed by atoms with Crippen LogP contribution in [0, 0.1) is 0 Å². The molecule has 0 saturated heterocycles. The zero-order chi connectivity index (χ0) is 38.5. The molecular weight excluding hydrogens is 689 g/mol. The molecule has 9 aromatic carbocycles. The number of fused-ring (bicyclic) bond motifs is 6. The molecule has 9 aromatic rings. The number of benzene rings is 9. The first kappa shape index (κ1) is 34.5. The molecule has 0 atom stereocenters. The lowest BCUT2D eigenvalue weighted by Gasteiger charge is -2.22. The fourth-order valence-corrected chi connectivity index (χ4v) is 9.02. The molecule has 0 saturated carbocycles. The smallest absolute Gasteiger partial charge is 0.131 e. The van der Waals surface area contributed by atoms with Gasteiger partial charge in [0.25, 0.3) is 0 Å². The summed E-state index contributed by atoms with van der Waals surface area (Å²) in [5.41, 5.74) is 21.2. The van der Waals surface area contributed by atoms with E-state index in [-0.39, 0.29) is 5.41 Å². The summed E-state index contributed by atoms with van der Waals surface area (Å²) in [5, 5.41) is 7.12. The monoisotopic (exact) mass is 730 g/mol. The first-order chi connectivity index (χ1) is 27.9. The molecule has 2 heteroatoms. The summed E-state index contributed by atoms with van der Waals surface area (Å²) in [7, 11) is 0. The van der Waals surface area contributed by atoms with E-state index < -0.39 is 0 Å². The number of allylic oxidation sites excluding steroid dienone is 1. The number of nitrogens with two attached hydrogens (primary N) is 1. The number of nitrogens with zero attached hydrogens (tertiary/aromatic N) is 1. The second-order valence-corrected chi connectivity index (χ2v) is 15.7. The Morgan fingerprint density at radius 2 is 1.11 bits per heavy atom. The van der Waals surface area contributed by atoms with Gasteiger partial charge in [-0.1, -0.05) is 190 Å². The van der Waals surface area contributed by atoms with Crippen molar-refractivity contribution < 1.29 is 0 Å². The van der Waals surface area contributed by atoms with Crippen molar-refractivity contribution in [3.05, 3.63) is 222 Å². The van der Waals surface area contributed by atoms with Crippen LogP contribution in [0.25, 0.3) is 71.4 Å². The highest BCUT2D eigenvalue weighted by atomic mass is 14.9. The van der Waals surface area contributed by atoms with Gasteiger partial charge in [-0.05, 0) is 107 Å². The van der Waals surface area contributed by atoms with Crippen LogP contribution in [0.2, 0.25) is 0 Å². The quantitative estimate of drug-likeness (QED) is 0.129. The summed E-state index contributed by atoms with van der Waals surface area (Å²) in [4.78, 5) is 5.30. The Morgan fingerprint density at radius 3 is 1.93 bits per heavy atom. The van der Waals surface area contributed by atoms with Gasteiger partial charge in [0, 0.05) is 16.5 Å². The highest BCUT2D eigenvalue weighted by Gasteiger charge is 2.36. The van der Waals surface area contributed by atoms with Crippen LogP contribution >= 0.6 is 0 Å². The molecule has 0 spiro atoms. The summed E-state index contributed by atoms with van der Waals surface area (Å²) in [6, 6.07) is 67.6. The van der Waals surface area contributed by atoms with Gasteiger partial charge in [0.05, 0.1) is 5.70 Å². The van der Waals surface area contributed by atoms with E-state index in [4.69, 9.17) is 10.7 Å². The highest BCUT2D eigenvalue weighted by Crippen LogP contribution is 2.51. The van der Waals surface area contributed by atoms with Crippen molar-refractivity contribution in [1.82, 2.24) is 0 Å². The fraction of sp³-hybridized carbons (Fsp3) is 0.0727. The van der Waals surface area contributed by atoms with Crippen molar-refractivity contribution in [2.75, 3.05) is 0 Å². The maximum atomic E-state index is 7.01. The largest absolute Gasteiger partial charge is 0.383 e. The molecule has 0 unspecified atom stereocenters. The van der Waals surface area contributed by atoms with Crippen LogP contribution in [0.4, 0.5) is 0 Å². The Bertz CT molecular complexity index is 3070. The standard InChI is InChI=1S/C55H42N2/c1-55(2)51-35-41(27-29-47(51)50-33-39-19-6-7-20-40(39)34-52(50)55)44-30-31-48(46-25-13-12-24-45(44)46)53(57-54(56)49-26-14-21-37-17-9-11-23-43(37)49)32-28-38-18-8-10-22-42(38)36-15-4-3-5-16-36/h3-27,29-35H,28H2,1-2H3,(H2,56,57)/b53-32-. The SMILES string of the molecule is CC1(C)c2cc(-c3ccc(/C(=C/Cc4ccccc4-c4ccccc4)N=C(N)c4cccc5ccccc45)c4ccccc34)ccc2-c2cc3ccccc3cc21. The number of hydrogen-bond donors (Lipinski definition) is 1. The van der Waals surface area contributed by atoms with E-state index in [0.717, 1.165) is 33.0 Å². The van der Waals surface area contributed by atoms with E-state index in [2.05, 4.69) is 208 Å². The fourth-order valence-electron chi connectivity index (χ4n) is 9.02. The molecule has 0 heterocycles. The van der Waals surface area contributed by atoms with Crippen LogP contribution in [0.1, 0.15) is 41.7 Å². The molecule has 0 aliphatic heterocycles. The molecule has 0 aromatic heterocycles. The van der Waals surface area contributed by atoms with Gasteiger partial charge in [0.1, 0.15) is 5.84 Å². The van der Waals surface area contributed by atoms with Crippen molar-refractivity contribution in [2.45, 2.75) is 25.7 Å². The normalized spacial score (nSPS) is 13.6. The molecule has 0 fully saturated rings. The molecule has 57 heavy (non-hydrogen) atoms. The predicted molar refractivity (Wildman–Crippen MR) is 243 cm³/mol. The van der Waals surface area contributed by atoms with Crippen LogP contribution in [-0.2, 0) is 11.8 Å². The van der Waals surface area contributed by atoms with Crippen LogP contribution in [0.15, 0.2) is 199 Å². The molecule has 0 amide bonds. The highest BCUT2D eigenvalue weighted by molar-refractivity contribution is 6.12. The maximum absolute atomic E-state index is 7.01. The summed E-state index contributed by atoms with van der Waals surface area (Å²) in [6.45, 7) is 4.73. The molecule has 1 aliphatic rings. The van der Waals surface area contributed by atoms with Crippen LogP contribution in [0.5, 0.6) is 0 Å². The third kappa shape index (κ3) is 6.02. The van der Waals surface area contributed by atoms with E-state index in [1.807, 2.05) is 0 Å². The molecule has 2 N–H and O–H groups in total. The van der Waals surface area contributed by atoms with Crippen LogP contribution < -0.4 is 5.73 Å². The second kappa shape index (κ2) is 13.9. The predicted octanol–water partition coefficient (Wildman–Crippen LogP) is 13.8. The molecular formula is C55H42N2. The third-order valence-electron chi connectivity index (χ3n) is 12.0. The number of hydrogen-bond acceptors (Lipinski definition) is 1. The van der Waals surface area contributed by atoms with E-state index in [1.165, 1.54) is 66.2 Å². The minimum absolute atomic E-state index is 0.125. The first-order valence-corrected chi connectivity index (χ1v) is 19.8. The van der Waals surface area contributed by atoms with Gasteiger partial charge in [-0.25, -0.2) is 4.99 Å². The van der Waals surface area contributed by atoms with Gasteiger partial charge in [-0.15, -0.1) is 0 Å². The summed E-state index contributed by atoms with van der Waals surface area (Å²) in [5.74, 6) is 0.496. The average Bonchev–Trinajstić information content (AvgIpc) is 3.48. The number of rotatable bonds is 7. The summed E-state index contributed by atoms with van der Waals surface area (Å²) < 4.78 is 0. The molecule has 10 rings (SSSR count). The second-order valence-electron chi connectivity index (χ2n) is 15.7. The molecule has 0 bridgehead atoms. The lowest BCUT2D eigenvalue weighted by atomic mass is 9.81. The lowest BCUT2D eigenvalue weighted by Crippen LogP contribution is -2.15. The minimum atomic E-state index is -0.125. The van der Waals surface area contributed by atoms with Gasteiger partial charge in [0.2, 0.25) is 0 Å². The molecule has 272 valence electrons. The van der Waals surface area contributed by atoms with E-state index in [1.54, 1.807) is 0 Å². The Labute approximate surface area is 334 Å². The molecule has 0 radical (unpaired) electrons. The van der Waals surface area contributed by atoms with Crippen LogP contribution in [-0.4, -0.2) is 5.84 Å². The average molecular weight is 731 g/mol. The van der Waals surface area contributed by atoms with E-state index in [0.29, 0.717) is 12.3 Å². The van der Waals surface area contributed by atoms with E-state index >= 15 is 0 Å². The zero-order valence-electron chi connectivity index (χ0n) is 32.2. The summed E-state index contributed by atoms with van der Waals surface area (Å²) in [6.07, 6.45) is 2.94. The minimum Gasteiger partial charge on any atom is -0.383 e. The third-order valence-corrected chi connectivity index (χ3v) is 12.0. The molecule has 1 aliphatic carbocycles. The lowest BCUT2D eigenvalue weighted by molar-refractivity contribution is 0.661. The number of amidine groups is 1. The van der Waals surface area contributed by atoms with Crippen molar-refractivity contribution >= 4 is 43.9 Å². The zero-order valence-corrected chi connectivity index (χ0v) is 32.2. The van der Waals surface area contributed by atoms with E-state index in [9.17, 15) is 0 Å². The van der Waals surface area contributed by atoms with Gasteiger partial charge >= 0.3 is 0 Å². The van der Waals surface area contributed by atoms with Gasteiger partial charge in [0.15, 0.2) is 0 Å². The van der Waals surface area contributed by atoms with Crippen molar-refractivity contribution in [1.29, 1.82) is 0 Å². The molecule has 2 nitrogen and oxygen atoms in total. The van der Waals surface area contributed by atoms with Gasteiger partial charge < -0.3 is 5.73 Å². The first-order valence-electron chi connectivity index (χ1n) is 19.8. The van der Waals surface area contributed by atoms with Gasteiger partial charge in [-0.2, -0.15) is 0 Å². The van der Waals surface area contributed by atoms with Crippen molar-refractivity contribution in [3.63, 3.8) is 0 Å². The number of aliphatic imine (C=N–C) groups is 1. The maximum Gasteiger partial charge on any atom is 0.131 e. The Hall–Kier alpha value is -7.03. The Kier molecular flexibility index (Phi) is 8.42. The Morgan fingerprint density at radius 1 is 0.474 bits per heavy atom. The topological polar surface area (TPSA) is 38.4 Å². The van der Waals surface area contributed by atoms with Crippen molar-refractivity contribution in [2.24, 2.45) is 10.7 Å². The van der Waals surface area contributed by atoms with Crippen molar-refractivity contribution in [3.8, 4) is 33.4 Å². The Balaban J connectivity index is 1.11.